The maximum absolute atomic E-state index is 12.7. The minimum absolute atomic E-state index is 0.379. The van der Waals surface area contributed by atoms with Crippen molar-refractivity contribution in [3.8, 4) is 0 Å². The number of aromatic nitrogens is 1. The van der Waals surface area contributed by atoms with Crippen LogP contribution in [0.5, 0.6) is 0 Å². The summed E-state index contributed by atoms with van der Waals surface area (Å²) in [6.45, 7) is 1.02. The van der Waals surface area contributed by atoms with E-state index < -0.39 is 12.3 Å². The molecule has 0 aliphatic carbocycles. The maximum atomic E-state index is 12.7. The van der Waals surface area contributed by atoms with Gasteiger partial charge in [0.25, 0.3) is 0 Å². The van der Waals surface area contributed by atoms with E-state index in [1.807, 2.05) is 29.2 Å². The van der Waals surface area contributed by atoms with Crippen LogP contribution in [0.25, 0.3) is 10.9 Å². The van der Waals surface area contributed by atoms with Crippen molar-refractivity contribution in [2.45, 2.75) is 12.8 Å². The highest BCUT2D eigenvalue weighted by molar-refractivity contribution is 6.31. The SMILES string of the molecule is FC(F)C1CCN(c2ccc3cc(Cl)ccc3n2)C1. The zero-order chi connectivity index (χ0) is 13.4. The first kappa shape index (κ1) is 12.6. The van der Waals surface area contributed by atoms with Gasteiger partial charge >= 0.3 is 0 Å². The average molecular weight is 283 g/mol. The van der Waals surface area contributed by atoms with E-state index in [1.54, 1.807) is 6.07 Å². The number of rotatable bonds is 2. The number of benzene rings is 1. The third-order valence-corrected chi connectivity index (χ3v) is 3.78. The predicted octanol–water partition coefficient (Wildman–Crippen LogP) is 3.98. The fourth-order valence-electron chi connectivity index (χ4n) is 2.46. The van der Waals surface area contributed by atoms with Gasteiger partial charge in [0.05, 0.1) is 5.52 Å². The van der Waals surface area contributed by atoms with Gasteiger partial charge in [0.2, 0.25) is 6.43 Å². The maximum Gasteiger partial charge on any atom is 0.243 e. The molecule has 0 spiro atoms. The van der Waals surface area contributed by atoms with E-state index in [0.717, 1.165) is 16.7 Å². The van der Waals surface area contributed by atoms with Crippen LogP contribution in [-0.2, 0) is 0 Å². The summed E-state index contributed by atoms with van der Waals surface area (Å²) in [4.78, 5) is 6.44. The fourth-order valence-corrected chi connectivity index (χ4v) is 2.64. The van der Waals surface area contributed by atoms with Crippen molar-refractivity contribution in [3.05, 3.63) is 35.4 Å². The number of anilines is 1. The zero-order valence-electron chi connectivity index (χ0n) is 10.2. The van der Waals surface area contributed by atoms with Gasteiger partial charge in [-0.3, -0.25) is 0 Å². The second-order valence-electron chi connectivity index (χ2n) is 4.84. The molecule has 19 heavy (non-hydrogen) atoms. The van der Waals surface area contributed by atoms with Crippen molar-refractivity contribution in [1.82, 2.24) is 4.98 Å². The summed E-state index contributed by atoms with van der Waals surface area (Å²) >= 11 is 5.92. The Morgan fingerprint density at radius 1 is 1.26 bits per heavy atom. The number of nitrogens with zero attached hydrogens (tertiary/aromatic N) is 2. The van der Waals surface area contributed by atoms with Crippen molar-refractivity contribution >= 4 is 28.3 Å². The van der Waals surface area contributed by atoms with Crippen LogP contribution < -0.4 is 4.90 Å². The number of hydrogen-bond acceptors (Lipinski definition) is 2. The molecule has 1 unspecified atom stereocenters. The van der Waals surface area contributed by atoms with E-state index >= 15 is 0 Å². The third kappa shape index (κ3) is 2.50. The first-order valence-electron chi connectivity index (χ1n) is 6.23. The summed E-state index contributed by atoms with van der Waals surface area (Å²) in [6, 6.07) is 9.28. The fraction of sp³-hybridized carbons (Fsp3) is 0.357. The van der Waals surface area contributed by atoms with Gasteiger partial charge in [-0.2, -0.15) is 0 Å². The molecule has 2 nitrogen and oxygen atoms in total. The summed E-state index contributed by atoms with van der Waals surface area (Å²) < 4.78 is 25.3. The van der Waals surface area contributed by atoms with Crippen molar-refractivity contribution in [1.29, 1.82) is 0 Å². The van der Waals surface area contributed by atoms with Gasteiger partial charge in [0.1, 0.15) is 5.82 Å². The first-order valence-corrected chi connectivity index (χ1v) is 6.61. The molecule has 100 valence electrons. The summed E-state index contributed by atoms with van der Waals surface area (Å²) in [7, 11) is 0. The highest BCUT2D eigenvalue weighted by Gasteiger charge is 2.30. The van der Waals surface area contributed by atoms with Crippen LogP contribution in [0.15, 0.2) is 30.3 Å². The van der Waals surface area contributed by atoms with E-state index in [2.05, 4.69) is 4.98 Å². The molecule has 0 saturated carbocycles. The number of halogens is 3. The molecule has 1 fully saturated rings. The van der Waals surface area contributed by atoms with E-state index in [-0.39, 0.29) is 0 Å². The molecule has 1 aliphatic rings. The first-order chi connectivity index (χ1) is 9.13. The highest BCUT2D eigenvalue weighted by Crippen LogP contribution is 2.28. The van der Waals surface area contributed by atoms with Crippen molar-refractivity contribution < 1.29 is 8.78 Å². The largest absolute Gasteiger partial charge is 0.356 e. The summed E-state index contributed by atoms with van der Waals surface area (Å²) in [6.07, 6.45) is -1.72. The van der Waals surface area contributed by atoms with Crippen LogP contribution >= 0.6 is 11.6 Å². The lowest BCUT2D eigenvalue weighted by atomic mass is 10.1. The second-order valence-corrected chi connectivity index (χ2v) is 5.27. The Morgan fingerprint density at radius 3 is 2.84 bits per heavy atom. The molecule has 1 saturated heterocycles. The van der Waals surface area contributed by atoms with Crippen molar-refractivity contribution in [2.24, 2.45) is 5.92 Å². The van der Waals surface area contributed by atoms with E-state index in [1.165, 1.54) is 0 Å². The second kappa shape index (κ2) is 4.93. The summed E-state index contributed by atoms with van der Waals surface area (Å²) in [5.74, 6) is 0.223. The predicted molar refractivity (Wildman–Crippen MR) is 73.1 cm³/mol. The smallest absolute Gasteiger partial charge is 0.243 e. The number of pyridine rings is 1. The third-order valence-electron chi connectivity index (χ3n) is 3.54. The Hall–Kier alpha value is -1.42. The Balaban J connectivity index is 1.88. The minimum atomic E-state index is -2.25. The molecule has 5 heteroatoms. The van der Waals surface area contributed by atoms with Crippen LogP contribution in [0.1, 0.15) is 6.42 Å². The molecular weight excluding hydrogens is 270 g/mol. The summed E-state index contributed by atoms with van der Waals surface area (Å²) in [5, 5.41) is 1.63. The molecule has 3 rings (SSSR count). The zero-order valence-corrected chi connectivity index (χ0v) is 10.9. The van der Waals surface area contributed by atoms with Crippen molar-refractivity contribution in [2.75, 3.05) is 18.0 Å². The standard InChI is InChI=1S/C14H13ClF2N2/c15-11-2-3-12-9(7-11)1-4-13(18-12)19-6-5-10(8-19)14(16)17/h1-4,7,10,14H,5-6,8H2. The van der Waals surface area contributed by atoms with Gasteiger partial charge in [-0.15, -0.1) is 0 Å². The molecular formula is C14H13ClF2N2. The van der Waals surface area contributed by atoms with Gasteiger partial charge in [-0.1, -0.05) is 11.6 Å². The van der Waals surface area contributed by atoms with Crippen LogP contribution in [0.3, 0.4) is 0 Å². The monoisotopic (exact) mass is 282 g/mol. The Bertz CT molecular complexity index is 603. The normalized spacial score (nSPS) is 19.6. The van der Waals surface area contributed by atoms with Gasteiger partial charge in [0, 0.05) is 29.4 Å². The Kier molecular flexibility index (Phi) is 3.27. The van der Waals surface area contributed by atoms with E-state index in [9.17, 15) is 8.78 Å². The quantitative estimate of drug-likeness (QED) is 0.828. The van der Waals surface area contributed by atoms with Gasteiger partial charge in [-0.05, 0) is 36.8 Å². The average Bonchev–Trinajstić information content (AvgIpc) is 2.88. The van der Waals surface area contributed by atoms with Crippen LogP contribution in [-0.4, -0.2) is 24.5 Å². The molecule has 2 heterocycles. The topological polar surface area (TPSA) is 16.1 Å². The molecule has 0 N–H and O–H groups in total. The molecule has 1 aliphatic heterocycles. The molecule has 1 atom stereocenters. The van der Waals surface area contributed by atoms with Gasteiger partial charge in [-0.25, -0.2) is 13.8 Å². The van der Waals surface area contributed by atoms with Crippen LogP contribution in [0, 0.1) is 5.92 Å². The number of fused-ring (bicyclic) bond motifs is 1. The van der Waals surface area contributed by atoms with Gasteiger partial charge in [0.15, 0.2) is 0 Å². The lowest BCUT2D eigenvalue weighted by Gasteiger charge is -2.17. The van der Waals surface area contributed by atoms with Crippen LogP contribution in [0.2, 0.25) is 5.02 Å². The molecule has 2 aromatic rings. The molecule has 0 radical (unpaired) electrons. The Labute approximate surface area is 115 Å². The highest BCUT2D eigenvalue weighted by atomic mass is 35.5. The lowest BCUT2D eigenvalue weighted by molar-refractivity contribution is 0.0880. The number of hydrogen-bond donors (Lipinski definition) is 0. The molecule has 0 bridgehead atoms. The summed E-state index contributed by atoms with van der Waals surface area (Å²) in [5.41, 5.74) is 0.836. The Morgan fingerprint density at radius 2 is 2.11 bits per heavy atom. The van der Waals surface area contributed by atoms with Crippen molar-refractivity contribution in [3.63, 3.8) is 0 Å². The van der Waals surface area contributed by atoms with Crippen LogP contribution in [0.4, 0.5) is 14.6 Å². The molecule has 1 aromatic carbocycles. The minimum Gasteiger partial charge on any atom is -0.356 e. The van der Waals surface area contributed by atoms with E-state index in [4.69, 9.17) is 11.6 Å². The molecule has 0 amide bonds. The van der Waals surface area contributed by atoms with Gasteiger partial charge < -0.3 is 4.90 Å². The van der Waals surface area contributed by atoms with E-state index in [0.29, 0.717) is 24.5 Å². The lowest BCUT2D eigenvalue weighted by Crippen LogP contribution is -2.22. The molecule has 1 aromatic heterocycles. The number of alkyl halides is 2.